The lowest BCUT2D eigenvalue weighted by Crippen LogP contribution is -2.19. The smallest absolute Gasteiger partial charge is 0.232 e. The van der Waals surface area contributed by atoms with E-state index in [1.165, 1.54) is 6.07 Å². The first-order chi connectivity index (χ1) is 17.3. The second kappa shape index (κ2) is 9.12. The summed E-state index contributed by atoms with van der Waals surface area (Å²) < 4.78 is 55.6. The molecule has 2 N–H and O–H groups in total. The number of fused-ring (bicyclic) bond motifs is 3. The van der Waals surface area contributed by atoms with E-state index >= 15 is 4.39 Å². The van der Waals surface area contributed by atoms with Gasteiger partial charge >= 0.3 is 0 Å². The molecule has 0 atom stereocenters. The molecule has 0 aliphatic rings. The highest BCUT2D eigenvalue weighted by molar-refractivity contribution is 7.92. The van der Waals surface area contributed by atoms with Crippen LogP contribution in [-0.2, 0) is 10.0 Å². The van der Waals surface area contributed by atoms with Crippen molar-refractivity contribution < 1.29 is 22.0 Å². The number of aromatic nitrogens is 3. The number of H-pyrrole nitrogens is 1. The lowest BCUT2D eigenvalue weighted by Gasteiger charge is -2.12. The van der Waals surface area contributed by atoms with Crippen LogP contribution in [0, 0.1) is 11.6 Å². The molecule has 3 aromatic heterocycles. The van der Waals surface area contributed by atoms with Gasteiger partial charge < -0.3 is 4.98 Å². The first-order valence-electron chi connectivity index (χ1n) is 11.1. The number of carbonyl (C=O) groups is 1. The molecule has 182 valence electrons. The first kappa shape index (κ1) is 23.6. The van der Waals surface area contributed by atoms with Gasteiger partial charge in [0.15, 0.2) is 11.6 Å². The SMILES string of the molecule is CCCS(=O)(=O)Nc1c(F)ccc(C(=O)c2ccc3[nH]c4ncc(-c5ccncc5)cc4c3c2)c1F. The van der Waals surface area contributed by atoms with Crippen molar-refractivity contribution in [1.82, 2.24) is 15.0 Å². The standard InChI is InChI=1S/C26H20F2N4O3S/c1-2-11-36(34,35)32-24-21(27)5-4-18(23(24)28)25(33)16-3-6-22-19(12-16)20-13-17(14-30-26(20)31-22)15-7-9-29-10-8-15/h3-10,12-14,32H,2,11H2,1H3,(H,30,31). The number of benzene rings is 2. The number of aromatic amines is 1. The van der Waals surface area contributed by atoms with Crippen LogP contribution < -0.4 is 4.72 Å². The Morgan fingerprint density at radius 2 is 1.78 bits per heavy atom. The average molecular weight is 507 g/mol. The molecule has 0 aliphatic carbocycles. The van der Waals surface area contributed by atoms with Crippen molar-refractivity contribution in [3.05, 3.63) is 89.9 Å². The quantitative estimate of drug-likeness (QED) is 0.286. The lowest BCUT2D eigenvalue weighted by molar-refractivity contribution is 0.103. The summed E-state index contributed by atoms with van der Waals surface area (Å²) in [5, 5.41) is 1.47. The lowest BCUT2D eigenvalue weighted by atomic mass is 9.99. The van der Waals surface area contributed by atoms with E-state index < -0.39 is 38.7 Å². The fourth-order valence-electron chi connectivity index (χ4n) is 4.07. The highest BCUT2D eigenvalue weighted by Gasteiger charge is 2.23. The maximum absolute atomic E-state index is 15.2. The van der Waals surface area contributed by atoms with Crippen LogP contribution in [-0.4, -0.2) is 34.9 Å². The zero-order chi connectivity index (χ0) is 25.4. The molecule has 0 saturated carbocycles. The van der Waals surface area contributed by atoms with Crippen molar-refractivity contribution in [1.29, 1.82) is 0 Å². The molecule has 5 rings (SSSR count). The van der Waals surface area contributed by atoms with Gasteiger partial charge in [-0.15, -0.1) is 0 Å². The fraction of sp³-hybridized carbons (Fsp3) is 0.115. The predicted octanol–water partition coefficient (Wildman–Crippen LogP) is 5.44. The normalized spacial score (nSPS) is 11.8. The minimum atomic E-state index is -3.97. The van der Waals surface area contributed by atoms with E-state index in [2.05, 4.69) is 15.0 Å². The topological polar surface area (TPSA) is 105 Å². The van der Waals surface area contributed by atoms with Gasteiger partial charge in [0.25, 0.3) is 0 Å². The highest BCUT2D eigenvalue weighted by Crippen LogP contribution is 2.31. The molecule has 36 heavy (non-hydrogen) atoms. The Bertz CT molecular complexity index is 1740. The van der Waals surface area contributed by atoms with Crippen LogP contribution in [0.3, 0.4) is 0 Å². The van der Waals surface area contributed by atoms with E-state index in [0.29, 0.717) is 11.0 Å². The van der Waals surface area contributed by atoms with Gasteiger partial charge in [-0.3, -0.25) is 14.5 Å². The molecule has 0 unspecified atom stereocenters. The maximum Gasteiger partial charge on any atom is 0.232 e. The minimum Gasteiger partial charge on any atom is -0.339 e. The third-order valence-corrected chi connectivity index (χ3v) is 7.25. The van der Waals surface area contributed by atoms with Crippen LogP contribution >= 0.6 is 0 Å². The molecule has 0 bridgehead atoms. The summed E-state index contributed by atoms with van der Waals surface area (Å²) in [7, 11) is -3.97. The zero-order valence-corrected chi connectivity index (χ0v) is 19.9. The molecular weight excluding hydrogens is 486 g/mol. The van der Waals surface area contributed by atoms with E-state index in [1.807, 2.05) is 22.9 Å². The number of carbonyl (C=O) groups excluding carboxylic acids is 1. The molecule has 0 radical (unpaired) electrons. The molecule has 5 aromatic rings. The second-order valence-electron chi connectivity index (χ2n) is 8.28. The number of pyridine rings is 2. The van der Waals surface area contributed by atoms with Gasteiger partial charge in [-0.1, -0.05) is 6.92 Å². The summed E-state index contributed by atoms with van der Waals surface area (Å²) in [6.45, 7) is 1.63. The Morgan fingerprint density at radius 1 is 1.00 bits per heavy atom. The monoisotopic (exact) mass is 506 g/mol. The summed E-state index contributed by atoms with van der Waals surface area (Å²) >= 11 is 0. The van der Waals surface area contributed by atoms with E-state index in [-0.39, 0.29) is 17.7 Å². The molecular formula is C26H20F2N4O3S. The van der Waals surface area contributed by atoms with Gasteiger partial charge in [-0.2, -0.15) is 0 Å². The van der Waals surface area contributed by atoms with Gasteiger partial charge in [-0.25, -0.2) is 22.2 Å². The number of nitrogens with one attached hydrogen (secondary N) is 2. The Balaban J connectivity index is 1.57. The van der Waals surface area contributed by atoms with E-state index in [9.17, 15) is 17.6 Å². The van der Waals surface area contributed by atoms with Crippen molar-refractivity contribution in [2.45, 2.75) is 13.3 Å². The third kappa shape index (κ3) is 4.31. The van der Waals surface area contributed by atoms with Crippen LogP contribution in [0.25, 0.3) is 33.1 Å². The van der Waals surface area contributed by atoms with E-state index in [0.717, 1.165) is 34.2 Å². The number of sulfonamides is 1. The van der Waals surface area contributed by atoms with Gasteiger partial charge in [0, 0.05) is 46.0 Å². The summed E-state index contributed by atoms with van der Waals surface area (Å²) in [6.07, 6.45) is 5.35. The van der Waals surface area contributed by atoms with Gasteiger partial charge in [-0.05, 0) is 60.5 Å². The summed E-state index contributed by atoms with van der Waals surface area (Å²) in [6, 6.07) is 12.3. The minimum absolute atomic E-state index is 0.158. The largest absolute Gasteiger partial charge is 0.339 e. The Labute approximate surface area is 205 Å². The van der Waals surface area contributed by atoms with E-state index in [4.69, 9.17) is 0 Å². The molecule has 7 nitrogen and oxygen atoms in total. The predicted molar refractivity (Wildman–Crippen MR) is 134 cm³/mol. The number of ketones is 1. The second-order valence-corrected chi connectivity index (χ2v) is 10.1. The molecule has 0 amide bonds. The number of nitrogens with zero attached hydrogens (tertiary/aromatic N) is 2. The van der Waals surface area contributed by atoms with Crippen molar-refractivity contribution in [3.63, 3.8) is 0 Å². The van der Waals surface area contributed by atoms with Crippen LogP contribution in [0.1, 0.15) is 29.3 Å². The Hall–Kier alpha value is -4.18. The number of hydrogen-bond acceptors (Lipinski definition) is 5. The highest BCUT2D eigenvalue weighted by atomic mass is 32.2. The van der Waals surface area contributed by atoms with Crippen molar-refractivity contribution in [2.75, 3.05) is 10.5 Å². The van der Waals surface area contributed by atoms with E-state index in [1.54, 1.807) is 37.6 Å². The first-order valence-corrected chi connectivity index (χ1v) is 12.8. The molecule has 3 heterocycles. The van der Waals surface area contributed by atoms with Crippen molar-refractivity contribution >= 4 is 43.4 Å². The summed E-state index contributed by atoms with van der Waals surface area (Å²) in [5.41, 5.74) is 1.98. The van der Waals surface area contributed by atoms with Gasteiger partial charge in [0.1, 0.15) is 17.2 Å². The summed E-state index contributed by atoms with van der Waals surface area (Å²) in [5.74, 6) is -3.39. The molecule has 10 heteroatoms. The van der Waals surface area contributed by atoms with Gasteiger partial charge in [0.05, 0.1) is 11.3 Å². The number of hydrogen-bond donors (Lipinski definition) is 2. The zero-order valence-electron chi connectivity index (χ0n) is 19.0. The number of rotatable bonds is 7. The molecule has 0 fully saturated rings. The summed E-state index contributed by atoms with van der Waals surface area (Å²) in [4.78, 5) is 24.9. The van der Waals surface area contributed by atoms with Crippen molar-refractivity contribution in [3.8, 4) is 11.1 Å². The number of anilines is 1. The van der Waals surface area contributed by atoms with Gasteiger partial charge in [0.2, 0.25) is 10.0 Å². The Morgan fingerprint density at radius 3 is 2.53 bits per heavy atom. The fourth-order valence-corrected chi connectivity index (χ4v) is 5.21. The van der Waals surface area contributed by atoms with Crippen LogP contribution in [0.4, 0.5) is 14.5 Å². The third-order valence-electron chi connectivity index (χ3n) is 5.79. The van der Waals surface area contributed by atoms with Crippen molar-refractivity contribution in [2.24, 2.45) is 0 Å². The molecule has 0 saturated heterocycles. The molecule has 0 spiro atoms. The molecule has 0 aliphatic heterocycles. The maximum atomic E-state index is 15.2. The van der Waals surface area contributed by atoms with Crippen LogP contribution in [0.15, 0.2) is 67.1 Å². The Kier molecular flexibility index (Phi) is 5.97. The van der Waals surface area contributed by atoms with Crippen LogP contribution in [0.5, 0.6) is 0 Å². The average Bonchev–Trinajstić information content (AvgIpc) is 3.24. The van der Waals surface area contributed by atoms with Crippen LogP contribution in [0.2, 0.25) is 0 Å². The number of halogens is 2. The molecule has 2 aromatic carbocycles.